The monoisotopic (exact) mass is 263 g/mol. The summed E-state index contributed by atoms with van der Waals surface area (Å²) in [5, 5.41) is 10.8. The number of hydrogen-bond acceptors (Lipinski definition) is 3. The molecule has 1 aromatic carbocycles. The van der Waals surface area contributed by atoms with Gasteiger partial charge in [-0.25, -0.2) is 0 Å². The van der Waals surface area contributed by atoms with Gasteiger partial charge in [0.15, 0.2) is 0 Å². The highest BCUT2D eigenvalue weighted by molar-refractivity contribution is 5.31. The average Bonchev–Trinajstić information content (AvgIpc) is 2.48. The molecule has 3 nitrogen and oxygen atoms in total. The fourth-order valence-electron chi connectivity index (χ4n) is 3.14. The van der Waals surface area contributed by atoms with Crippen molar-refractivity contribution in [1.29, 1.82) is 0 Å². The van der Waals surface area contributed by atoms with Crippen LogP contribution in [0.3, 0.4) is 0 Å². The molecule has 0 amide bonds. The van der Waals surface area contributed by atoms with Gasteiger partial charge in [-0.1, -0.05) is 31.4 Å². The van der Waals surface area contributed by atoms with Crippen molar-refractivity contribution in [1.82, 2.24) is 0 Å². The first-order valence-electron chi connectivity index (χ1n) is 7.33. The first-order valence-corrected chi connectivity index (χ1v) is 7.33. The van der Waals surface area contributed by atoms with Crippen molar-refractivity contribution in [3.8, 4) is 5.75 Å². The third kappa shape index (κ3) is 3.10. The van der Waals surface area contributed by atoms with Crippen LogP contribution in [-0.2, 0) is 0 Å². The lowest BCUT2D eigenvalue weighted by Gasteiger charge is -2.40. The molecule has 1 atom stereocenters. The molecular formula is C16H25NO2. The highest BCUT2D eigenvalue weighted by atomic mass is 16.5. The Labute approximate surface area is 115 Å². The second-order valence-electron chi connectivity index (χ2n) is 5.54. The standard InChI is InChI=1S/C16H25NO2/c1-2-19-14-8-6-7-13(11-14)15(18)16(12-17)9-4-3-5-10-16/h6-8,11,15,18H,2-5,9-10,12,17H2,1H3. The molecular weight excluding hydrogens is 238 g/mol. The number of nitrogens with two attached hydrogens (primary N) is 1. The molecule has 0 bridgehead atoms. The van der Waals surface area contributed by atoms with Gasteiger partial charge in [0.05, 0.1) is 12.7 Å². The van der Waals surface area contributed by atoms with Crippen molar-refractivity contribution in [2.24, 2.45) is 11.1 Å². The van der Waals surface area contributed by atoms with Crippen LogP contribution >= 0.6 is 0 Å². The Morgan fingerprint density at radius 1 is 1.32 bits per heavy atom. The first-order chi connectivity index (χ1) is 9.22. The Morgan fingerprint density at radius 2 is 2.05 bits per heavy atom. The molecule has 1 aliphatic rings. The number of ether oxygens (including phenoxy) is 1. The van der Waals surface area contributed by atoms with E-state index in [0.717, 1.165) is 24.2 Å². The number of benzene rings is 1. The fraction of sp³-hybridized carbons (Fsp3) is 0.625. The summed E-state index contributed by atoms with van der Waals surface area (Å²) in [4.78, 5) is 0. The minimum atomic E-state index is -0.488. The third-order valence-corrected chi connectivity index (χ3v) is 4.32. The third-order valence-electron chi connectivity index (χ3n) is 4.32. The zero-order valence-electron chi connectivity index (χ0n) is 11.8. The normalized spacial score (nSPS) is 19.9. The van der Waals surface area contributed by atoms with Crippen molar-refractivity contribution in [2.75, 3.05) is 13.2 Å². The summed E-state index contributed by atoms with van der Waals surface area (Å²) in [6, 6.07) is 7.78. The topological polar surface area (TPSA) is 55.5 Å². The van der Waals surface area contributed by atoms with Gasteiger partial charge in [0.25, 0.3) is 0 Å². The van der Waals surface area contributed by atoms with Gasteiger partial charge in [0.2, 0.25) is 0 Å². The molecule has 1 aliphatic carbocycles. The zero-order valence-corrected chi connectivity index (χ0v) is 11.8. The maximum Gasteiger partial charge on any atom is 0.119 e. The Morgan fingerprint density at radius 3 is 2.68 bits per heavy atom. The smallest absolute Gasteiger partial charge is 0.119 e. The molecule has 3 heteroatoms. The maximum absolute atomic E-state index is 10.8. The van der Waals surface area contributed by atoms with Crippen LogP contribution in [0.25, 0.3) is 0 Å². The zero-order chi connectivity index (χ0) is 13.7. The number of hydrogen-bond donors (Lipinski definition) is 2. The van der Waals surface area contributed by atoms with Crippen LogP contribution in [0.15, 0.2) is 24.3 Å². The Hall–Kier alpha value is -1.06. The predicted molar refractivity (Wildman–Crippen MR) is 77.1 cm³/mol. The lowest BCUT2D eigenvalue weighted by Crippen LogP contribution is -2.38. The van der Waals surface area contributed by atoms with E-state index < -0.39 is 6.10 Å². The molecule has 0 aliphatic heterocycles. The molecule has 3 N–H and O–H groups in total. The molecule has 2 rings (SSSR count). The molecule has 1 unspecified atom stereocenters. The Bertz CT molecular complexity index is 399. The second kappa shape index (κ2) is 6.40. The van der Waals surface area contributed by atoms with Crippen molar-refractivity contribution >= 4 is 0 Å². The lowest BCUT2D eigenvalue weighted by atomic mass is 9.68. The van der Waals surface area contributed by atoms with Crippen LogP contribution in [0.2, 0.25) is 0 Å². The SMILES string of the molecule is CCOc1cccc(C(O)C2(CN)CCCCC2)c1. The molecule has 19 heavy (non-hydrogen) atoms. The van der Waals surface area contributed by atoms with Crippen molar-refractivity contribution in [3.63, 3.8) is 0 Å². The van der Waals surface area contributed by atoms with E-state index >= 15 is 0 Å². The maximum atomic E-state index is 10.8. The summed E-state index contributed by atoms with van der Waals surface area (Å²) in [6.45, 7) is 3.15. The largest absolute Gasteiger partial charge is 0.494 e. The molecule has 1 saturated carbocycles. The van der Waals surface area contributed by atoms with E-state index in [1.807, 2.05) is 31.2 Å². The average molecular weight is 263 g/mol. The quantitative estimate of drug-likeness (QED) is 0.858. The van der Waals surface area contributed by atoms with E-state index in [1.165, 1.54) is 19.3 Å². The van der Waals surface area contributed by atoms with Gasteiger partial charge in [0, 0.05) is 12.0 Å². The minimum absolute atomic E-state index is 0.150. The molecule has 0 saturated heterocycles. The van der Waals surface area contributed by atoms with Gasteiger partial charge in [-0.05, 0) is 37.5 Å². The molecule has 1 fully saturated rings. The number of aliphatic hydroxyl groups excluding tert-OH is 1. The van der Waals surface area contributed by atoms with E-state index in [9.17, 15) is 5.11 Å². The van der Waals surface area contributed by atoms with E-state index in [4.69, 9.17) is 10.5 Å². The lowest BCUT2D eigenvalue weighted by molar-refractivity contribution is 0.000564. The summed E-state index contributed by atoms with van der Waals surface area (Å²) in [7, 11) is 0. The first kappa shape index (κ1) is 14.4. The molecule has 0 spiro atoms. The molecule has 1 aromatic rings. The summed E-state index contributed by atoms with van der Waals surface area (Å²) in [5.74, 6) is 0.821. The summed E-state index contributed by atoms with van der Waals surface area (Å²) in [6.07, 6.45) is 5.14. The molecule has 0 radical (unpaired) electrons. The second-order valence-corrected chi connectivity index (χ2v) is 5.54. The predicted octanol–water partition coefficient (Wildman–Crippen LogP) is 3.03. The number of aliphatic hydroxyl groups is 1. The van der Waals surface area contributed by atoms with Crippen LogP contribution in [0, 0.1) is 5.41 Å². The number of rotatable bonds is 5. The van der Waals surface area contributed by atoms with Gasteiger partial charge < -0.3 is 15.6 Å². The van der Waals surface area contributed by atoms with Crippen molar-refractivity contribution < 1.29 is 9.84 Å². The van der Waals surface area contributed by atoms with Crippen LogP contribution in [0.1, 0.15) is 50.7 Å². The minimum Gasteiger partial charge on any atom is -0.494 e. The highest BCUT2D eigenvalue weighted by Crippen LogP contribution is 2.45. The fourth-order valence-corrected chi connectivity index (χ4v) is 3.14. The van der Waals surface area contributed by atoms with Crippen molar-refractivity contribution in [3.05, 3.63) is 29.8 Å². The van der Waals surface area contributed by atoms with E-state index in [0.29, 0.717) is 13.2 Å². The van der Waals surface area contributed by atoms with E-state index in [2.05, 4.69) is 0 Å². The highest BCUT2D eigenvalue weighted by Gasteiger charge is 2.38. The van der Waals surface area contributed by atoms with Gasteiger partial charge in [-0.15, -0.1) is 0 Å². The van der Waals surface area contributed by atoms with Gasteiger partial charge in [0.1, 0.15) is 5.75 Å². The van der Waals surface area contributed by atoms with Crippen LogP contribution in [0.4, 0.5) is 0 Å². The summed E-state index contributed by atoms with van der Waals surface area (Å²) in [5.41, 5.74) is 6.76. The van der Waals surface area contributed by atoms with Crippen LogP contribution in [0.5, 0.6) is 5.75 Å². The van der Waals surface area contributed by atoms with E-state index in [-0.39, 0.29) is 5.41 Å². The molecule has 0 aromatic heterocycles. The molecule has 0 heterocycles. The summed E-state index contributed by atoms with van der Waals surface area (Å²) >= 11 is 0. The van der Waals surface area contributed by atoms with Gasteiger partial charge in [-0.3, -0.25) is 0 Å². The Kier molecular flexibility index (Phi) is 4.83. The summed E-state index contributed by atoms with van der Waals surface area (Å²) < 4.78 is 5.51. The van der Waals surface area contributed by atoms with Crippen LogP contribution in [-0.4, -0.2) is 18.3 Å². The van der Waals surface area contributed by atoms with E-state index in [1.54, 1.807) is 0 Å². The van der Waals surface area contributed by atoms with Crippen molar-refractivity contribution in [2.45, 2.75) is 45.1 Å². The Balaban J connectivity index is 2.21. The van der Waals surface area contributed by atoms with Crippen LogP contribution < -0.4 is 10.5 Å². The molecule has 106 valence electrons. The van der Waals surface area contributed by atoms with Gasteiger partial charge >= 0.3 is 0 Å². The van der Waals surface area contributed by atoms with Gasteiger partial charge in [-0.2, -0.15) is 0 Å².